The summed E-state index contributed by atoms with van der Waals surface area (Å²) < 4.78 is 0. The largest absolute Gasteiger partial charge is 0.385 e. The van der Waals surface area contributed by atoms with Crippen LogP contribution in [-0.4, -0.2) is 16.4 Å². The Kier molecular flexibility index (Phi) is 2.43. The van der Waals surface area contributed by atoms with Crippen LogP contribution in [0.2, 0.25) is 0 Å². The normalized spacial score (nSPS) is 13.8. The SMILES string of the molecule is O=[N+]([O-])c1cc2c(cc1[N+](=O)[O-])NCCC2. The van der Waals surface area contributed by atoms with Gasteiger partial charge in [-0.05, 0) is 18.4 Å². The fourth-order valence-corrected chi connectivity index (χ4v) is 1.79. The zero-order valence-corrected chi connectivity index (χ0v) is 8.30. The van der Waals surface area contributed by atoms with Gasteiger partial charge in [0.05, 0.1) is 9.85 Å². The van der Waals surface area contributed by atoms with Crippen molar-refractivity contribution < 1.29 is 9.85 Å². The van der Waals surface area contributed by atoms with Crippen LogP contribution in [0.1, 0.15) is 12.0 Å². The van der Waals surface area contributed by atoms with Gasteiger partial charge in [-0.3, -0.25) is 20.2 Å². The van der Waals surface area contributed by atoms with E-state index in [1.165, 1.54) is 12.1 Å². The van der Waals surface area contributed by atoms with E-state index in [9.17, 15) is 20.2 Å². The highest BCUT2D eigenvalue weighted by Gasteiger charge is 2.27. The minimum atomic E-state index is -0.727. The molecule has 1 heterocycles. The highest BCUT2D eigenvalue weighted by atomic mass is 16.6. The molecule has 0 spiro atoms. The molecule has 0 aliphatic carbocycles. The number of nitrogens with one attached hydrogen (secondary N) is 1. The van der Waals surface area contributed by atoms with E-state index in [0.717, 1.165) is 18.5 Å². The summed E-state index contributed by atoms with van der Waals surface area (Å²) in [6, 6.07) is 2.53. The van der Waals surface area contributed by atoms with Gasteiger partial charge in [-0.15, -0.1) is 0 Å². The highest BCUT2D eigenvalue weighted by Crippen LogP contribution is 2.34. The van der Waals surface area contributed by atoms with Gasteiger partial charge >= 0.3 is 11.4 Å². The zero-order valence-electron chi connectivity index (χ0n) is 8.30. The van der Waals surface area contributed by atoms with Gasteiger partial charge in [-0.25, -0.2) is 0 Å². The Bertz CT molecular complexity index is 429. The molecule has 0 amide bonds. The van der Waals surface area contributed by atoms with Crippen LogP contribution in [0.15, 0.2) is 12.1 Å². The molecule has 1 aliphatic heterocycles. The maximum absolute atomic E-state index is 10.7. The number of nitrogens with zero attached hydrogens (tertiary/aromatic N) is 2. The number of hydrogen-bond donors (Lipinski definition) is 1. The maximum atomic E-state index is 10.7. The number of nitro groups is 2. The summed E-state index contributed by atoms with van der Waals surface area (Å²) in [5, 5.41) is 24.4. The second-order valence-corrected chi connectivity index (χ2v) is 3.54. The van der Waals surface area contributed by atoms with Crippen molar-refractivity contribution in [2.45, 2.75) is 12.8 Å². The molecule has 7 heteroatoms. The lowest BCUT2D eigenvalue weighted by Gasteiger charge is -2.16. The molecule has 0 radical (unpaired) electrons. The summed E-state index contributed by atoms with van der Waals surface area (Å²) in [6.07, 6.45) is 1.59. The van der Waals surface area contributed by atoms with Crippen LogP contribution in [0.3, 0.4) is 0 Å². The van der Waals surface area contributed by atoms with Gasteiger partial charge in [0.15, 0.2) is 0 Å². The van der Waals surface area contributed by atoms with Crippen LogP contribution in [0.5, 0.6) is 0 Å². The second-order valence-electron chi connectivity index (χ2n) is 3.54. The quantitative estimate of drug-likeness (QED) is 0.609. The summed E-state index contributed by atoms with van der Waals surface area (Å²) >= 11 is 0. The van der Waals surface area contributed by atoms with E-state index >= 15 is 0 Å². The van der Waals surface area contributed by atoms with Gasteiger partial charge in [0.25, 0.3) is 0 Å². The monoisotopic (exact) mass is 223 g/mol. The molecule has 1 aromatic rings. The van der Waals surface area contributed by atoms with Crippen molar-refractivity contribution in [2.75, 3.05) is 11.9 Å². The van der Waals surface area contributed by atoms with Gasteiger partial charge in [-0.1, -0.05) is 0 Å². The van der Waals surface area contributed by atoms with E-state index in [4.69, 9.17) is 0 Å². The Balaban J connectivity index is 2.59. The first kappa shape index (κ1) is 10.3. The lowest BCUT2D eigenvalue weighted by atomic mass is 10.0. The number of rotatable bonds is 2. The Morgan fingerprint density at radius 1 is 1.12 bits per heavy atom. The number of benzene rings is 1. The molecule has 0 unspecified atom stereocenters. The fraction of sp³-hybridized carbons (Fsp3) is 0.333. The van der Waals surface area contributed by atoms with Crippen molar-refractivity contribution >= 4 is 17.1 Å². The molecule has 2 rings (SSSR count). The molecule has 84 valence electrons. The predicted molar refractivity (Wildman–Crippen MR) is 56.6 cm³/mol. The molecule has 7 nitrogen and oxygen atoms in total. The first-order chi connectivity index (χ1) is 7.59. The van der Waals surface area contributed by atoms with Gasteiger partial charge in [0.1, 0.15) is 0 Å². The number of anilines is 1. The standard InChI is InChI=1S/C9H9N3O4/c13-11(14)8-4-6-2-1-3-10-7(6)5-9(8)12(15)16/h4-5,10H,1-3H2. The second kappa shape index (κ2) is 3.76. The van der Waals surface area contributed by atoms with Crippen LogP contribution < -0.4 is 5.32 Å². The Morgan fingerprint density at radius 3 is 2.38 bits per heavy atom. The minimum Gasteiger partial charge on any atom is -0.385 e. The Morgan fingerprint density at radius 2 is 1.75 bits per heavy atom. The van der Waals surface area contributed by atoms with Crippen molar-refractivity contribution in [3.63, 3.8) is 0 Å². The first-order valence-corrected chi connectivity index (χ1v) is 4.79. The molecule has 16 heavy (non-hydrogen) atoms. The number of fused-ring (bicyclic) bond motifs is 1. The van der Waals surface area contributed by atoms with Crippen molar-refractivity contribution in [1.82, 2.24) is 0 Å². The van der Waals surface area contributed by atoms with Crippen LogP contribution in [0.25, 0.3) is 0 Å². The van der Waals surface area contributed by atoms with E-state index < -0.39 is 21.2 Å². The van der Waals surface area contributed by atoms with E-state index in [0.29, 0.717) is 12.1 Å². The molecule has 1 N–H and O–H groups in total. The Hall–Kier alpha value is -2.18. The van der Waals surface area contributed by atoms with E-state index in [1.54, 1.807) is 0 Å². The van der Waals surface area contributed by atoms with E-state index in [2.05, 4.69) is 5.32 Å². The third kappa shape index (κ3) is 1.67. The molecule has 0 fully saturated rings. The average molecular weight is 223 g/mol. The number of aryl methyl sites for hydroxylation is 1. The lowest BCUT2D eigenvalue weighted by Crippen LogP contribution is -2.12. The lowest BCUT2D eigenvalue weighted by molar-refractivity contribution is -0.422. The van der Waals surface area contributed by atoms with Crippen molar-refractivity contribution in [3.05, 3.63) is 37.9 Å². The van der Waals surface area contributed by atoms with Crippen LogP contribution in [-0.2, 0) is 6.42 Å². The molecule has 1 aliphatic rings. The summed E-state index contributed by atoms with van der Waals surface area (Å²) in [4.78, 5) is 19.9. The average Bonchev–Trinajstić information content (AvgIpc) is 2.27. The van der Waals surface area contributed by atoms with E-state index in [-0.39, 0.29) is 0 Å². The molecule has 0 atom stereocenters. The van der Waals surface area contributed by atoms with Crippen molar-refractivity contribution in [1.29, 1.82) is 0 Å². The fourth-order valence-electron chi connectivity index (χ4n) is 1.79. The van der Waals surface area contributed by atoms with Crippen LogP contribution >= 0.6 is 0 Å². The van der Waals surface area contributed by atoms with Crippen molar-refractivity contribution in [3.8, 4) is 0 Å². The predicted octanol–water partition coefficient (Wildman–Crippen LogP) is 1.86. The molecule has 0 bridgehead atoms. The summed E-state index contributed by atoms with van der Waals surface area (Å²) in [5.74, 6) is 0. The zero-order chi connectivity index (χ0) is 11.7. The molecular formula is C9H9N3O4. The summed E-state index contributed by atoms with van der Waals surface area (Å²) in [6.45, 7) is 0.738. The topological polar surface area (TPSA) is 98.3 Å². The first-order valence-electron chi connectivity index (χ1n) is 4.79. The molecule has 0 saturated carbocycles. The maximum Gasteiger partial charge on any atom is 0.348 e. The van der Waals surface area contributed by atoms with Gasteiger partial charge in [0, 0.05) is 24.4 Å². The van der Waals surface area contributed by atoms with Gasteiger partial charge in [-0.2, -0.15) is 0 Å². The number of nitro benzene ring substituents is 2. The summed E-state index contributed by atoms with van der Waals surface area (Å²) in [5.41, 5.74) is 0.498. The van der Waals surface area contributed by atoms with Gasteiger partial charge < -0.3 is 5.32 Å². The smallest absolute Gasteiger partial charge is 0.348 e. The van der Waals surface area contributed by atoms with Gasteiger partial charge in [0.2, 0.25) is 0 Å². The third-order valence-corrected chi connectivity index (χ3v) is 2.53. The highest BCUT2D eigenvalue weighted by molar-refractivity contribution is 5.67. The van der Waals surface area contributed by atoms with Crippen molar-refractivity contribution in [2.24, 2.45) is 0 Å². The molecule has 0 saturated heterocycles. The van der Waals surface area contributed by atoms with E-state index in [1.807, 2.05) is 0 Å². The molecule has 1 aromatic carbocycles. The molecular weight excluding hydrogens is 214 g/mol. The minimum absolute atomic E-state index is 0.438. The van der Waals surface area contributed by atoms with Crippen LogP contribution in [0.4, 0.5) is 17.1 Å². The Labute approximate surface area is 90.4 Å². The summed E-state index contributed by atoms with van der Waals surface area (Å²) in [7, 11) is 0. The number of hydrogen-bond acceptors (Lipinski definition) is 5. The third-order valence-electron chi connectivity index (χ3n) is 2.53. The molecule has 0 aromatic heterocycles. The van der Waals surface area contributed by atoms with Crippen LogP contribution in [0, 0.1) is 20.2 Å².